The number of anilines is 2. The number of carbonyl (C=O) groups excluding carboxylic acids is 1. The van der Waals surface area contributed by atoms with Gasteiger partial charge in [0.2, 0.25) is 0 Å². The van der Waals surface area contributed by atoms with E-state index in [1.54, 1.807) is 0 Å². The lowest BCUT2D eigenvalue weighted by Crippen LogP contribution is -2.34. The van der Waals surface area contributed by atoms with Crippen LogP contribution in [-0.2, 0) is 0 Å². The molecule has 1 aliphatic carbocycles. The van der Waals surface area contributed by atoms with Gasteiger partial charge in [-0.05, 0) is 37.1 Å². The number of hydrogen-bond donors (Lipinski definition) is 1. The van der Waals surface area contributed by atoms with Crippen LogP contribution in [-0.4, -0.2) is 24.0 Å². The molecule has 1 aliphatic rings. The van der Waals surface area contributed by atoms with Gasteiger partial charge in [-0.15, -0.1) is 0 Å². The molecule has 1 fully saturated rings. The standard InChI is InChI=1S/C23H25N3O/c1-26(18-12-6-3-7-13-18)22-16-20(19-14-8-9-15-21(19)25-22)23(27)24-17-10-4-2-5-11-17/h2,4-5,8-11,14-16,18H,3,6-7,12-13H2,1H3,(H,24,27). The number of fused-ring (bicyclic) bond motifs is 1. The second-order valence-electron chi connectivity index (χ2n) is 7.27. The highest BCUT2D eigenvalue weighted by atomic mass is 16.1. The minimum atomic E-state index is -0.0990. The van der Waals surface area contributed by atoms with Gasteiger partial charge < -0.3 is 10.2 Å². The minimum absolute atomic E-state index is 0.0990. The summed E-state index contributed by atoms with van der Waals surface area (Å²) in [5, 5.41) is 3.89. The number of benzene rings is 2. The molecule has 0 aliphatic heterocycles. The molecule has 27 heavy (non-hydrogen) atoms. The third-order valence-corrected chi connectivity index (χ3v) is 5.46. The highest BCUT2D eigenvalue weighted by Crippen LogP contribution is 2.28. The Morgan fingerprint density at radius 2 is 1.70 bits per heavy atom. The topological polar surface area (TPSA) is 45.2 Å². The molecular formula is C23H25N3O. The molecule has 4 nitrogen and oxygen atoms in total. The molecule has 3 aromatic rings. The van der Waals surface area contributed by atoms with Crippen molar-refractivity contribution in [2.75, 3.05) is 17.3 Å². The molecule has 0 atom stereocenters. The Bertz CT molecular complexity index is 933. The van der Waals surface area contributed by atoms with Crippen LogP contribution in [0.15, 0.2) is 60.7 Å². The summed E-state index contributed by atoms with van der Waals surface area (Å²) < 4.78 is 0. The van der Waals surface area contributed by atoms with Crippen LogP contribution in [0.25, 0.3) is 10.9 Å². The zero-order valence-electron chi connectivity index (χ0n) is 15.7. The third-order valence-electron chi connectivity index (χ3n) is 5.46. The highest BCUT2D eigenvalue weighted by Gasteiger charge is 2.21. The van der Waals surface area contributed by atoms with Crippen molar-refractivity contribution in [3.05, 3.63) is 66.2 Å². The van der Waals surface area contributed by atoms with E-state index in [2.05, 4.69) is 17.3 Å². The molecule has 1 aromatic heterocycles. The SMILES string of the molecule is CN(c1cc(C(=O)Nc2ccccc2)c2ccccc2n1)C1CCCCC1. The summed E-state index contributed by atoms with van der Waals surface area (Å²) in [6.45, 7) is 0. The van der Waals surface area contributed by atoms with E-state index in [9.17, 15) is 4.79 Å². The van der Waals surface area contributed by atoms with Crippen molar-refractivity contribution >= 4 is 28.3 Å². The van der Waals surface area contributed by atoms with Gasteiger partial charge in [-0.2, -0.15) is 0 Å². The number of nitrogens with one attached hydrogen (secondary N) is 1. The zero-order chi connectivity index (χ0) is 18.6. The van der Waals surface area contributed by atoms with Crippen molar-refractivity contribution in [2.45, 2.75) is 38.1 Å². The fraction of sp³-hybridized carbons (Fsp3) is 0.304. The molecule has 0 spiro atoms. The van der Waals surface area contributed by atoms with Gasteiger partial charge in [0.25, 0.3) is 5.91 Å². The van der Waals surface area contributed by atoms with Crippen LogP contribution in [0.5, 0.6) is 0 Å². The largest absolute Gasteiger partial charge is 0.357 e. The lowest BCUT2D eigenvalue weighted by atomic mass is 9.94. The maximum Gasteiger partial charge on any atom is 0.256 e. The van der Waals surface area contributed by atoms with E-state index in [0.717, 1.165) is 22.4 Å². The molecule has 0 unspecified atom stereocenters. The fourth-order valence-corrected chi connectivity index (χ4v) is 3.91. The first-order valence-electron chi connectivity index (χ1n) is 9.71. The highest BCUT2D eigenvalue weighted by molar-refractivity contribution is 6.13. The Morgan fingerprint density at radius 3 is 2.48 bits per heavy atom. The van der Waals surface area contributed by atoms with E-state index >= 15 is 0 Å². The Balaban J connectivity index is 1.71. The van der Waals surface area contributed by atoms with Gasteiger partial charge in [-0.1, -0.05) is 55.7 Å². The molecule has 2 aromatic carbocycles. The number of para-hydroxylation sites is 2. The van der Waals surface area contributed by atoms with E-state index < -0.39 is 0 Å². The lowest BCUT2D eigenvalue weighted by Gasteiger charge is -2.32. The summed E-state index contributed by atoms with van der Waals surface area (Å²) in [6, 6.07) is 19.9. The second kappa shape index (κ2) is 7.78. The Kier molecular flexibility index (Phi) is 5.05. The van der Waals surface area contributed by atoms with Crippen LogP contribution in [0.4, 0.5) is 11.5 Å². The van der Waals surface area contributed by atoms with Gasteiger partial charge in [0, 0.05) is 24.2 Å². The van der Waals surface area contributed by atoms with Crippen molar-refractivity contribution < 1.29 is 4.79 Å². The number of hydrogen-bond acceptors (Lipinski definition) is 3. The smallest absolute Gasteiger partial charge is 0.256 e. The Morgan fingerprint density at radius 1 is 1.00 bits per heavy atom. The number of aromatic nitrogens is 1. The molecule has 0 radical (unpaired) electrons. The number of pyridine rings is 1. The normalized spacial score (nSPS) is 14.9. The van der Waals surface area contributed by atoms with Crippen LogP contribution in [0.3, 0.4) is 0 Å². The predicted octanol–water partition coefficient (Wildman–Crippen LogP) is 5.26. The fourth-order valence-electron chi connectivity index (χ4n) is 3.91. The van der Waals surface area contributed by atoms with E-state index in [1.807, 2.05) is 60.7 Å². The molecule has 1 saturated carbocycles. The first kappa shape index (κ1) is 17.5. The van der Waals surface area contributed by atoms with Gasteiger partial charge in [0.05, 0.1) is 11.1 Å². The van der Waals surface area contributed by atoms with Crippen LogP contribution in [0.2, 0.25) is 0 Å². The molecule has 1 heterocycles. The first-order chi connectivity index (χ1) is 13.2. The van der Waals surface area contributed by atoms with Gasteiger partial charge in [-0.25, -0.2) is 4.98 Å². The molecule has 1 N–H and O–H groups in total. The van der Waals surface area contributed by atoms with Crippen molar-refractivity contribution in [1.82, 2.24) is 4.98 Å². The molecule has 0 saturated heterocycles. The lowest BCUT2D eigenvalue weighted by molar-refractivity contribution is 0.102. The van der Waals surface area contributed by atoms with Crippen LogP contribution in [0.1, 0.15) is 42.5 Å². The number of nitrogens with zero attached hydrogens (tertiary/aromatic N) is 2. The van der Waals surface area contributed by atoms with Crippen LogP contribution in [0, 0.1) is 0 Å². The Hall–Kier alpha value is -2.88. The summed E-state index contributed by atoms with van der Waals surface area (Å²) >= 11 is 0. The molecule has 138 valence electrons. The van der Waals surface area contributed by atoms with Crippen molar-refractivity contribution in [1.29, 1.82) is 0 Å². The monoisotopic (exact) mass is 359 g/mol. The predicted molar refractivity (Wildman–Crippen MR) is 111 cm³/mol. The number of rotatable bonds is 4. The van der Waals surface area contributed by atoms with Crippen molar-refractivity contribution in [3.63, 3.8) is 0 Å². The zero-order valence-corrected chi connectivity index (χ0v) is 15.7. The van der Waals surface area contributed by atoms with Crippen LogP contribution < -0.4 is 10.2 Å². The number of carbonyl (C=O) groups is 1. The maximum atomic E-state index is 13.0. The van der Waals surface area contributed by atoms with E-state index in [-0.39, 0.29) is 5.91 Å². The summed E-state index contributed by atoms with van der Waals surface area (Å²) in [5.74, 6) is 0.775. The maximum absolute atomic E-state index is 13.0. The summed E-state index contributed by atoms with van der Waals surface area (Å²) in [5.41, 5.74) is 2.32. The third kappa shape index (κ3) is 3.80. The first-order valence-corrected chi connectivity index (χ1v) is 9.71. The van der Waals surface area contributed by atoms with Crippen LogP contribution >= 0.6 is 0 Å². The van der Waals surface area contributed by atoms with E-state index in [0.29, 0.717) is 11.6 Å². The summed E-state index contributed by atoms with van der Waals surface area (Å²) in [4.78, 5) is 20.1. The van der Waals surface area contributed by atoms with Gasteiger partial charge >= 0.3 is 0 Å². The molecule has 4 rings (SSSR count). The quantitative estimate of drug-likeness (QED) is 0.691. The minimum Gasteiger partial charge on any atom is -0.357 e. The van der Waals surface area contributed by atoms with E-state index in [1.165, 1.54) is 32.1 Å². The number of amides is 1. The second-order valence-corrected chi connectivity index (χ2v) is 7.27. The van der Waals surface area contributed by atoms with Crippen molar-refractivity contribution in [2.24, 2.45) is 0 Å². The van der Waals surface area contributed by atoms with Crippen molar-refractivity contribution in [3.8, 4) is 0 Å². The van der Waals surface area contributed by atoms with Gasteiger partial charge in [0.1, 0.15) is 5.82 Å². The summed E-state index contributed by atoms with van der Waals surface area (Å²) in [7, 11) is 2.10. The average molecular weight is 359 g/mol. The Labute approximate surface area is 160 Å². The average Bonchev–Trinajstić information content (AvgIpc) is 2.73. The molecular weight excluding hydrogens is 334 g/mol. The van der Waals surface area contributed by atoms with E-state index in [4.69, 9.17) is 4.98 Å². The van der Waals surface area contributed by atoms with Gasteiger partial charge in [0.15, 0.2) is 0 Å². The molecule has 1 amide bonds. The summed E-state index contributed by atoms with van der Waals surface area (Å²) in [6.07, 6.45) is 6.24. The molecule has 0 bridgehead atoms. The van der Waals surface area contributed by atoms with Gasteiger partial charge in [-0.3, -0.25) is 4.79 Å². The molecule has 4 heteroatoms.